The van der Waals surface area contributed by atoms with Crippen molar-refractivity contribution in [3.05, 3.63) is 22.4 Å². The molecule has 20 heavy (non-hydrogen) atoms. The summed E-state index contributed by atoms with van der Waals surface area (Å²) in [4.78, 5) is 27.8. The van der Waals surface area contributed by atoms with E-state index in [2.05, 4.69) is 26.2 Å². The Morgan fingerprint density at radius 3 is 2.55 bits per heavy atom. The lowest BCUT2D eigenvalue weighted by atomic mass is 9.78. The Labute approximate surface area is 125 Å². The molecule has 1 saturated carbocycles. The van der Waals surface area contributed by atoms with Gasteiger partial charge in [0.2, 0.25) is 5.91 Å². The Bertz CT molecular complexity index is 533. The number of carboxylic acids is 1. The maximum absolute atomic E-state index is 12.3. The van der Waals surface area contributed by atoms with Crippen LogP contribution in [0.3, 0.4) is 0 Å². The molecule has 0 saturated heterocycles. The van der Waals surface area contributed by atoms with E-state index in [0.29, 0.717) is 28.8 Å². The van der Waals surface area contributed by atoms with Crippen LogP contribution < -0.4 is 5.32 Å². The van der Waals surface area contributed by atoms with Gasteiger partial charge in [-0.2, -0.15) is 0 Å². The van der Waals surface area contributed by atoms with Gasteiger partial charge in [0.25, 0.3) is 0 Å². The smallest absolute Gasteiger partial charge is 0.307 e. The Balaban J connectivity index is 2.12. The molecule has 2 N–H and O–H groups in total. The molecule has 2 atom stereocenters. The molecular weight excluding hydrogens is 324 g/mol. The summed E-state index contributed by atoms with van der Waals surface area (Å²) in [5.41, 5.74) is 1.34. The number of hydrogen-bond donors (Lipinski definition) is 2. The number of hydrogen-bond acceptors (Lipinski definition) is 3. The molecular formula is C14H17BrN2O3. The van der Waals surface area contributed by atoms with E-state index in [1.165, 1.54) is 0 Å². The molecule has 6 heteroatoms. The summed E-state index contributed by atoms with van der Waals surface area (Å²) >= 11 is 3.27. The number of carboxylic acid groups (broad SMARTS) is 1. The molecule has 5 nitrogen and oxygen atoms in total. The molecule has 0 radical (unpaired) electrons. The molecule has 0 spiro atoms. The van der Waals surface area contributed by atoms with Gasteiger partial charge >= 0.3 is 5.97 Å². The van der Waals surface area contributed by atoms with Crippen molar-refractivity contribution >= 4 is 33.5 Å². The van der Waals surface area contributed by atoms with Crippen molar-refractivity contribution < 1.29 is 14.7 Å². The maximum atomic E-state index is 12.3. The molecule has 0 unspecified atom stereocenters. The molecule has 108 valence electrons. The number of aryl methyl sites for hydroxylation is 1. The highest BCUT2D eigenvalue weighted by molar-refractivity contribution is 9.10. The molecule has 0 bridgehead atoms. The van der Waals surface area contributed by atoms with Gasteiger partial charge in [-0.3, -0.25) is 9.59 Å². The lowest BCUT2D eigenvalue weighted by molar-refractivity contribution is -0.147. The molecule has 1 aromatic heterocycles. The second kappa shape index (κ2) is 6.35. The number of anilines is 1. The lowest BCUT2D eigenvalue weighted by Crippen LogP contribution is -2.36. The predicted octanol–water partition coefficient (Wildman–Crippen LogP) is 2.98. The fraction of sp³-hybridized carbons (Fsp3) is 0.500. The van der Waals surface area contributed by atoms with E-state index in [4.69, 9.17) is 0 Å². The number of carbonyl (C=O) groups excluding carboxylic acids is 1. The summed E-state index contributed by atoms with van der Waals surface area (Å²) < 4.78 is 0.703. The van der Waals surface area contributed by atoms with Crippen LogP contribution in [-0.2, 0) is 9.59 Å². The number of pyridine rings is 1. The third-order valence-corrected chi connectivity index (χ3v) is 4.17. The van der Waals surface area contributed by atoms with Crippen LogP contribution in [0.2, 0.25) is 0 Å². The first-order valence-corrected chi connectivity index (χ1v) is 7.45. The highest BCUT2D eigenvalue weighted by atomic mass is 79.9. The molecule has 0 aromatic carbocycles. The number of aromatic nitrogens is 1. The topological polar surface area (TPSA) is 79.3 Å². The first-order valence-electron chi connectivity index (χ1n) is 6.66. The van der Waals surface area contributed by atoms with Crippen LogP contribution >= 0.6 is 15.9 Å². The quantitative estimate of drug-likeness (QED) is 0.829. The van der Waals surface area contributed by atoms with Crippen LogP contribution in [0.25, 0.3) is 0 Å². The monoisotopic (exact) mass is 340 g/mol. The highest BCUT2D eigenvalue weighted by Crippen LogP contribution is 2.31. The van der Waals surface area contributed by atoms with Crippen LogP contribution in [0.15, 0.2) is 16.7 Å². The number of nitrogens with one attached hydrogen (secondary N) is 1. The summed E-state index contributed by atoms with van der Waals surface area (Å²) in [6.07, 6.45) is 2.98. The number of halogens is 1. The number of amides is 1. The van der Waals surface area contributed by atoms with E-state index in [1.54, 1.807) is 19.1 Å². The van der Waals surface area contributed by atoms with Crippen LogP contribution in [0, 0.1) is 18.8 Å². The summed E-state index contributed by atoms with van der Waals surface area (Å²) in [7, 11) is 0. The van der Waals surface area contributed by atoms with Crippen molar-refractivity contribution in [1.29, 1.82) is 0 Å². The average molecular weight is 341 g/mol. The minimum atomic E-state index is -0.879. The van der Waals surface area contributed by atoms with E-state index in [-0.39, 0.29) is 5.91 Å². The minimum Gasteiger partial charge on any atom is -0.481 e. The van der Waals surface area contributed by atoms with Crippen LogP contribution in [-0.4, -0.2) is 22.0 Å². The number of nitrogens with zero attached hydrogens (tertiary/aromatic N) is 1. The van der Waals surface area contributed by atoms with Crippen molar-refractivity contribution in [3.63, 3.8) is 0 Å². The molecule has 1 amide bonds. The van der Waals surface area contributed by atoms with Gasteiger partial charge < -0.3 is 10.4 Å². The first-order chi connectivity index (χ1) is 9.49. The molecule has 2 rings (SSSR count). The maximum Gasteiger partial charge on any atom is 0.307 e. The summed E-state index contributed by atoms with van der Waals surface area (Å²) in [6.45, 7) is 1.80. The lowest BCUT2D eigenvalue weighted by Gasteiger charge is -2.27. The van der Waals surface area contributed by atoms with Crippen molar-refractivity contribution in [3.8, 4) is 0 Å². The zero-order valence-electron chi connectivity index (χ0n) is 11.2. The molecule has 1 aliphatic rings. The van der Waals surface area contributed by atoms with Gasteiger partial charge in [0, 0.05) is 0 Å². The zero-order chi connectivity index (χ0) is 14.7. The van der Waals surface area contributed by atoms with E-state index in [9.17, 15) is 14.7 Å². The van der Waals surface area contributed by atoms with E-state index in [0.717, 1.165) is 12.8 Å². The van der Waals surface area contributed by atoms with Crippen molar-refractivity contribution in [1.82, 2.24) is 4.98 Å². The third-order valence-electron chi connectivity index (χ3n) is 3.73. The summed E-state index contributed by atoms with van der Waals surface area (Å²) in [5, 5.41) is 12.0. The fourth-order valence-electron chi connectivity index (χ4n) is 2.63. The molecule has 1 fully saturated rings. The molecule has 1 aromatic rings. The van der Waals surface area contributed by atoms with Crippen molar-refractivity contribution in [2.45, 2.75) is 32.6 Å². The molecule has 0 aliphatic heterocycles. The molecule has 1 heterocycles. The second-order valence-corrected chi connectivity index (χ2v) is 5.90. The zero-order valence-corrected chi connectivity index (χ0v) is 12.8. The minimum absolute atomic E-state index is 0.218. The van der Waals surface area contributed by atoms with E-state index >= 15 is 0 Å². The number of rotatable bonds is 3. The van der Waals surface area contributed by atoms with Gasteiger partial charge in [0.15, 0.2) is 0 Å². The Morgan fingerprint density at radius 2 is 1.95 bits per heavy atom. The Hall–Kier alpha value is -1.43. The van der Waals surface area contributed by atoms with Gasteiger partial charge in [-0.05, 0) is 47.8 Å². The number of aliphatic carboxylic acids is 1. The predicted molar refractivity (Wildman–Crippen MR) is 78.4 cm³/mol. The summed E-state index contributed by atoms with van der Waals surface area (Å²) in [6, 6.07) is 3.51. The van der Waals surface area contributed by atoms with E-state index < -0.39 is 17.8 Å². The Morgan fingerprint density at radius 1 is 1.30 bits per heavy atom. The van der Waals surface area contributed by atoms with Crippen LogP contribution in [0.4, 0.5) is 5.69 Å². The summed E-state index contributed by atoms with van der Waals surface area (Å²) in [5.74, 6) is -2.13. The first kappa shape index (κ1) is 15.0. The number of carbonyl (C=O) groups is 2. The largest absolute Gasteiger partial charge is 0.481 e. The van der Waals surface area contributed by atoms with Gasteiger partial charge in [-0.15, -0.1) is 0 Å². The van der Waals surface area contributed by atoms with Gasteiger partial charge in [0.1, 0.15) is 4.60 Å². The SMILES string of the molecule is Cc1nc(Br)ccc1NC(=O)[C@@H]1CCCC[C@@H]1C(=O)O. The van der Waals surface area contributed by atoms with Gasteiger partial charge in [-0.1, -0.05) is 12.8 Å². The molecule has 1 aliphatic carbocycles. The highest BCUT2D eigenvalue weighted by Gasteiger charge is 2.35. The third kappa shape index (κ3) is 3.36. The van der Waals surface area contributed by atoms with Crippen molar-refractivity contribution in [2.75, 3.05) is 5.32 Å². The van der Waals surface area contributed by atoms with Crippen LogP contribution in [0.5, 0.6) is 0 Å². The Kier molecular flexibility index (Phi) is 4.75. The normalized spacial score (nSPS) is 22.3. The average Bonchev–Trinajstić information content (AvgIpc) is 2.41. The van der Waals surface area contributed by atoms with E-state index in [1.807, 2.05) is 0 Å². The van der Waals surface area contributed by atoms with Gasteiger partial charge in [0.05, 0.1) is 23.2 Å². The second-order valence-electron chi connectivity index (χ2n) is 5.09. The van der Waals surface area contributed by atoms with Gasteiger partial charge in [-0.25, -0.2) is 4.98 Å². The van der Waals surface area contributed by atoms with Crippen molar-refractivity contribution in [2.24, 2.45) is 11.8 Å². The standard InChI is InChI=1S/C14H17BrN2O3/c1-8-11(6-7-12(15)16-8)17-13(18)9-4-2-3-5-10(9)14(19)20/h6-7,9-10H,2-5H2,1H3,(H,17,18)(H,19,20)/t9-,10+/m1/s1. The fourth-order valence-corrected chi connectivity index (χ4v) is 3.03. The van der Waals surface area contributed by atoms with Crippen LogP contribution in [0.1, 0.15) is 31.4 Å².